The van der Waals surface area contributed by atoms with E-state index in [-0.39, 0.29) is 42.6 Å². The van der Waals surface area contributed by atoms with Crippen LogP contribution in [0.1, 0.15) is 18.9 Å². The molecule has 3 aliphatic rings. The molecule has 46 heavy (non-hydrogen) atoms. The predicted octanol–water partition coefficient (Wildman–Crippen LogP) is 6.03. The van der Waals surface area contributed by atoms with Crippen LogP contribution in [0.3, 0.4) is 0 Å². The number of para-hydroxylation sites is 3. The molecule has 0 unspecified atom stereocenters. The highest BCUT2D eigenvalue weighted by Gasteiger charge is 2.66. The van der Waals surface area contributed by atoms with Crippen LogP contribution in [0.4, 0.5) is 22.7 Å². The van der Waals surface area contributed by atoms with Crippen molar-refractivity contribution >= 4 is 47.8 Å². The number of ether oxygens (including phenoxy) is 3. The highest BCUT2D eigenvalue weighted by Crippen LogP contribution is 2.61. The monoisotopic (exact) mass is 634 g/mol. The summed E-state index contributed by atoms with van der Waals surface area (Å²) in [5, 5.41) is 11.5. The molecule has 3 heterocycles. The lowest BCUT2D eigenvalue weighted by atomic mass is 9.82. The first-order chi connectivity index (χ1) is 22.2. The number of hydrogen-bond acceptors (Lipinski definition) is 6. The van der Waals surface area contributed by atoms with Crippen LogP contribution in [0.2, 0.25) is 18.6 Å². The Morgan fingerprint density at radius 2 is 1.61 bits per heavy atom. The van der Waals surface area contributed by atoms with E-state index in [1.165, 1.54) is 5.19 Å². The lowest BCUT2D eigenvalue weighted by molar-refractivity contribution is -0.145. The molecule has 4 atom stereocenters. The van der Waals surface area contributed by atoms with Gasteiger partial charge in [-0.3, -0.25) is 19.4 Å². The van der Waals surface area contributed by atoms with Crippen molar-refractivity contribution < 1.29 is 28.9 Å². The number of fused-ring (bicyclic) bond motifs is 3. The van der Waals surface area contributed by atoms with Gasteiger partial charge in [-0.25, -0.2) is 0 Å². The molecule has 9 heteroatoms. The first-order valence-electron chi connectivity index (χ1n) is 15.7. The van der Waals surface area contributed by atoms with Gasteiger partial charge in [-0.2, -0.15) is 0 Å². The highest BCUT2D eigenvalue weighted by atomic mass is 28.3. The van der Waals surface area contributed by atoms with E-state index < -0.39 is 13.7 Å². The molecular weight excluding hydrogens is 597 g/mol. The Kier molecular flexibility index (Phi) is 7.50. The van der Waals surface area contributed by atoms with Gasteiger partial charge in [0.15, 0.2) is 12.2 Å². The van der Waals surface area contributed by atoms with Gasteiger partial charge in [0.05, 0.1) is 32.7 Å². The molecule has 3 aliphatic heterocycles. The number of hydrogen-bond donors (Lipinski definition) is 1. The average molecular weight is 635 g/mol. The highest BCUT2D eigenvalue weighted by molar-refractivity contribution is 6.91. The summed E-state index contributed by atoms with van der Waals surface area (Å²) in [5.41, 5.74) is 2.18. The number of rotatable bonds is 7. The summed E-state index contributed by atoms with van der Waals surface area (Å²) in [5.74, 6) is 0.826. The number of aliphatic hydroxyl groups is 1. The molecule has 236 valence electrons. The van der Waals surface area contributed by atoms with Crippen molar-refractivity contribution in [2.24, 2.45) is 5.92 Å². The fraction of sp³-hybridized carbons (Fsp3) is 0.297. The van der Waals surface area contributed by atoms with E-state index in [1.807, 2.05) is 84.9 Å². The Labute approximate surface area is 270 Å². The van der Waals surface area contributed by atoms with E-state index in [9.17, 15) is 9.90 Å². The van der Waals surface area contributed by atoms with Crippen molar-refractivity contribution in [3.8, 4) is 11.5 Å². The Morgan fingerprint density at radius 3 is 2.33 bits per heavy atom. The average Bonchev–Trinajstić information content (AvgIpc) is 3.51. The van der Waals surface area contributed by atoms with Crippen LogP contribution in [-0.2, 0) is 19.9 Å². The zero-order valence-electron chi connectivity index (χ0n) is 26.5. The molecule has 4 aromatic carbocycles. The van der Waals surface area contributed by atoms with Crippen LogP contribution >= 0.6 is 0 Å². The van der Waals surface area contributed by atoms with Gasteiger partial charge in [0.2, 0.25) is 0 Å². The number of methoxy groups -OCH3 is 1. The molecule has 2 amide bonds. The Hall–Kier alpha value is -4.44. The number of anilines is 4. The Morgan fingerprint density at radius 1 is 0.891 bits per heavy atom. The number of carbonyl (C=O) groups excluding carboxylic acids is 2. The maximum atomic E-state index is 15.0. The van der Waals surface area contributed by atoms with Crippen LogP contribution in [0.15, 0.2) is 97.1 Å². The molecule has 7 rings (SSSR count). The van der Waals surface area contributed by atoms with Gasteiger partial charge in [-0.1, -0.05) is 67.7 Å². The molecule has 1 fully saturated rings. The summed E-state index contributed by atoms with van der Waals surface area (Å²) in [6, 6.07) is 31.1. The second-order valence-corrected chi connectivity index (χ2v) is 17.5. The number of aliphatic hydroxyl groups excluding tert-OH is 1. The van der Waals surface area contributed by atoms with Gasteiger partial charge in [-0.05, 0) is 66.6 Å². The molecular formula is C37H38N2O6Si. The summed E-state index contributed by atoms with van der Waals surface area (Å²) < 4.78 is 18.2. The SMILES string of the molecule is COc1ccc([Si](C)(C)[C@H]2[C@H](CCO)O[C@@]3(C(=O)N(c4ccccc4)c4ccc(N5C(=O)COc6ccccc65)cc43)[C@@H]2C)cc1. The van der Waals surface area contributed by atoms with E-state index in [4.69, 9.17) is 14.2 Å². The van der Waals surface area contributed by atoms with Crippen LogP contribution in [-0.4, -0.2) is 51.4 Å². The zero-order valence-corrected chi connectivity index (χ0v) is 27.5. The fourth-order valence-electron chi connectivity index (χ4n) is 7.98. The van der Waals surface area contributed by atoms with Crippen molar-refractivity contribution in [3.63, 3.8) is 0 Å². The third kappa shape index (κ3) is 4.48. The van der Waals surface area contributed by atoms with Crippen LogP contribution in [0.5, 0.6) is 11.5 Å². The molecule has 4 aromatic rings. The van der Waals surface area contributed by atoms with Crippen LogP contribution in [0.25, 0.3) is 0 Å². The first kappa shape index (κ1) is 30.2. The minimum absolute atomic E-state index is 0.00466. The molecule has 8 nitrogen and oxygen atoms in total. The molecule has 0 aromatic heterocycles. The number of nitrogens with zero attached hydrogens (tertiary/aromatic N) is 2. The van der Waals surface area contributed by atoms with E-state index in [0.29, 0.717) is 23.5 Å². The van der Waals surface area contributed by atoms with Gasteiger partial charge in [-0.15, -0.1) is 0 Å². The number of amides is 2. The van der Waals surface area contributed by atoms with Crippen molar-refractivity contribution in [2.45, 2.75) is 43.7 Å². The van der Waals surface area contributed by atoms with E-state index in [1.54, 1.807) is 16.9 Å². The zero-order chi connectivity index (χ0) is 32.2. The number of carbonyl (C=O) groups is 2. The molecule has 1 saturated heterocycles. The van der Waals surface area contributed by atoms with Crippen molar-refractivity contribution in [1.29, 1.82) is 0 Å². The van der Waals surface area contributed by atoms with Gasteiger partial charge >= 0.3 is 0 Å². The summed E-state index contributed by atoms with van der Waals surface area (Å²) in [7, 11) is -0.682. The largest absolute Gasteiger partial charge is 0.497 e. The molecule has 0 aliphatic carbocycles. The smallest absolute Gasteiger partial charge is 0.269 e. The number of benzene rings is 4. The van der Waals surface area contributed by atoms with Gasteiger partial charge in [0.25, 0.3) is 11.8 Å². The quantitative estimate of drug-likeness (QED) is 0.250. The lowest BCUT2D eigenvalue weighted by Crippen LogP contribution is -2.51. The van der Waals surface area contributed by atoms with E-state index in [0.717, 1.165) is 22.7 Å². The minimum Gasteiger partial charge on any atom is -0.497 e. The predicted molar refractivity (Wildman–Crippen MR) is 180 cm³/mol. The third-order valence-corrected chi connectivity index (χ3v) is 14.5. The molecule has 0 bridgehead atoms. The summed E-state index contributed by atoms with van der Waals surface area (Å²) >= 11 is 0. The minimum atomic E-state index is -2.34. The van der Waals surface area contributed by atoms with E-state index in [2.05, 4.69) is 32.2 Å². The Bertz CT molecular complexity index is 1800. The van der Waals surface area contributed by atoms with Crippen molar-refractivity contribution in [3.05, 3.63) is 103 Å². The van der Waals surface area contributed by atoms with Crippen molar-refractivity contribution in [2.75, 3.05) is 30.1 Å². The van der Waals surface area contributed by atoms with Crippen LogP contribution in [0, 0.1) is 5.92 Å². The summed E-state index contributed by atoms with van der Waals surface area (Å²) in [6.07, 6.45) is 0.0532. The molecule has 1 N–H and O–H groups in total. The maximum Gasteiger partial charge on any atom is 0.269 e. The summed E-state index contributed by atoms with van der Waals surface area (Å²) in [6.45, 7) is 6.62. The fourth-order valence-corrected chi connectivity index (χ4v) is 12.0. The van der Waals surface area contributed by atoms with Crippen LogP contribution < -0.4 is 24.5 Å². The van der Waals surface area contributed by atoms with Gasteiger partial charge < -0.3 is 19.3 Å². The second kappa shape index (κ2) is 11.4. The third-order valence-electron chi connectivity index (χ3n) is 10.1. The van der Waals surface area contributed by atoms with Gasteiger partial charge in [0, 0.05) is 29.5 Å². The molecule has 0 saturated carbocycles. The molecule has 1 spiro atoms. The molecule has 0 radical (unpaired) electrons. The standard InChI is InChI=1S/C37H38N2O6Si/c1-24-35(46(3,4)28-17-15-27(43-2)16-18-28)33(20-21-40)45-37(24)29-22-26(38-31-12-8-9-13-32(31)44-23-34(38)41)14-19-30(29)39(36(37)42)25-10-6-5-7-11-25/h5-19,22,24,33,35,40H,20-21,23H2,1-4H3/t24-,33+,35-,37+/m1/s1. The topological polar surface area (TPSA) is 88.5 Å². The normalized spacial score (nSPS) is 23.8. The van der Waals surface area contributed by atoms with Gasteiger partial charge in [0.1, 0.15) is 11.5 Å². The van der Waals surface area contributed by atoms with E-state index >= 15 is 4.79 Å². The Balaban J connectivity index is 1.40. The lowest BCUT2D eigenvalue weighted by Gasteiger charge is -2.37. The second-order valence-electron chi connectivity index (χ2n) is 12.8. The van der Waals surface area contributed by atoms with Crippen molar-refractivity contribution in [1.82, 2.24) is 0 Å². The maximum absolute atomic E-state index is 15.0. The summed E-state index contributed by atoms with van der Waals surface area (Å²) in [4.78, 5) is 31.8. The first-order valence-corrected chi connectivity index (χ1v) is 18.8.